The van der Waals surface area contributed by atoms with Gasteiger partial charge in [0.25, 0.3) is 0 Å². The molecule has 42 heavy (non-hydrogen) atoms. The number of phenolic OH excluding ortho intramolecular Hbond substituents is 1. The van der Waals surface area contributed by atoms with E-state index in [1.54, 1.807) is 19.2 Å². The number of benzene rings is 2. The molecule has 2 aliphatic heterocycles. The van der Waals surface area contributed by atoms with E-state index < -0.39 is 47.2 Å². The summed E-state index contributed by atoms with van der Waals surface area (Å²) in [6, 6.07) is 7.18. The molecule has 222 valence electrons. The van der Waals surface area contributed by atoms with Crippen molar-refractivity contribution in [3.8, 4) is 17.2 Å². The van der Waals surface area contributed by atoms with Gasteiger partial charge in [0.05, 0.1) is 11.5 Å². The molecule has 2 aromatic rings. The number of halogens is 3. The van der Waals surface area contributed by atoms with E-state index in [2.05, 4.69) is 9.64 Å². The lowest BCUT2D eigenvalue weighted by Gasteiger charge is -2.63. The highest BCUT2D eigenvalue weighted by Crippen LogP contribution is 2.66. The monoisotopic (exact) mass is 584 g/mol. The summed E-state index contributed by atoms with van der Waals surface area (Å²) < 4.78 is 48.3. The molecule has 2 aromatic carbocycles. The first-order chi connectivity index (χ1) is 19.9. The zero-order chi connectivity index (χ0) is 29.6. The van der Waals surface area contributed by atoms with Crippen molar-refractivity contribution in [1.82, 2.24) is 9.80 Å². The fraction of sp³-hybridized carbons (Fsp3) is 0.484. The van der Waals surface area contributed by atoms with Crippen molar-refractivity contribution in [1.29, 1.82) is 0 Å². The van der Waals surface area contributed by atoms with Crippen molar-refractivity contribution in [2.45, 2.75) is 67.7 Å². The van der Waals surface area contributed by atoms with Gasteiger partial charge in [0.1, 0.15) is 23.5 Å². The summed E-state index contributed by atoms with van der Waals surface area (Å²) in [6.45, 7) is 1.34. The normalized spacial score (nSPS) is 31.5. The SMILES string of the molecule is CN(C(=O)C=Cc1cccc(OC(F)(F)F)c1)[C@H]1CC[C@@]2(O)[C@H]3C(=O)c4ccc(O)c5c4[C@@]2(CCN3CC2CC2)[C@H]1O5. The smallest absolute Gasteiger partial charge is 0.504 e. The van der Waals surface area contributed by atoms with E-state index in [4.69, 9.17) is 4.74 Å². The van der Waals surface area contributed by atoms with Gasteiger partial charge in [-0.2, -0.15) is 0 Å². The lowest BCUT2D eigenvalue weighted by atomic mass is 9.48. The van der Waals surface area contributed by atoms with Crippen LogP contribution in [0.5, 0.6) is 17.2 Å². The number of piperidine rings is 1. The second-order valence-electron chi connectivity index (χ2n) is 12.2. The van der Waals surface area contributed by atoms with Crippen LogP contribution in [0.1, 0.15) is 53.6 Å². The molecule has 0 radical (unpaired) electrons. The Morgan fingerprint density at radius 2 is 2.00 bits per heavy atom. The number of likely N-dealkylation sites (tertiary alicyclic amines) is 1. The number of hydrogen-bond acceptors (Lipinski definition) is 7. The Kier molecular flexibility index (Phi) is 5.98. The maximum atomic E-state index is 13.9. The van der Waals surface area contributed by atoms with Crippen molar-refractivity contribution in [3.63, 3.8) is 0 Å². The maximum Gasteiger partial charge on any atom is 0.573 e. The zero-order valence-corrected chi connectivity index (χ0v) is 22.9. The lowest BCUT2D eigenvalue weighted by molar-refractivity contribution is -0.274. The summed E-state index contributed by atoms with van der Waals surface area (Å²) in [5, 5.41) is 23.3. The first-order valence-corrected chi connectivity index (χ1v) is 14.3. The Hall–Kier alpha value is -3.57. The number of alkyl halides is 3. The lowest BCUT2D eigenvalue weighted by Crippen LogP contribution is -2.79. The third-order valence-electron chi connectivity index (χ3n) is 9.93. The van der Waals surface area contributed by atoms with Crippen LogP contribution in [0.3, 0.4) is 0 Å². The van der Waals surface area contributed by atoms with Crippen LogP contribution in [0, 0.1) is 5.92 Å². The van der Waals surface area contributed by atoms with Crippen LogP contribution in [0.15, 0.2) is 42.5 Å². The van der Waals surface area contributed by atoms with E-state index in [0.29, 0.717) is 42.0 Å². The molecule has 11 heteroatoms. The molecule has 5 aliphatic rings. The molecule has 5 atom stereocenters. The molecule has 1 amide bonds. The van der Waals surface area contributed by atoms with Gasteiger partial charge in [0, 0.05) is 37.3 Å². The molecular weight excluding hydrogens is 553 g/mol. The molecule has 8 nitrogen and oxygen atoms in total. The fourth-order valence-electron chi connectivity index (χ4n) is 7.96. The largest absolute Gasteiger partial charge is 0.573 e. The first kappa shape index (κ1) is 27.3. The topological polar surface area (TPSA) is 99.5 Å². The Morgan fingerprint density at radius 1 is 1.21 bits per heavy atom. The van der Waals surface area contributed by atoms with E-state index >= 15 is 0 Å². The summed E-state index contributed by atoms with van der Waals surface area (Å²) in [6.07, 6.45) is 0.524. The number of rotatable bonds is 6. The van der Waals surface area contributed by atoms with Crippen LogP contribution >= 0.6 is 0 Å². The molecular formula is C31H31F3N2O6. The third-order valence-corrected chi connectivity index (χ3v) is 9.93. The highest BCUT2D eigenvalue weighted by atomic mass is 19.4. The van der Waals surface area contributed by atoms with Crippen molar-refractivity contribution in [2.24, 2.45) is 5.92 Å². The average Bonchev–Trinajstić information content (AvgIpc) is 3.67. The number of Topliss-reactive ketones (excluding diaryl/α,β-unsaturated/α-hetero) is 1. The predicted molar refractivity (Wildman–Crippen MR) is 144 cm³/mol. The molecule has 3 aliphatic carbocycles. The number of hydrogen-bond donors (Lipinski definition) is 2. The first-order valence-electron chi connectivity index (χ1n) is 14.3. The number of ether oxygens (including phenoxy) is 2. The number of aromatic hydroxyl groups is 1. The van der Waals surface area contributed by atoms with Crippen LogP contribution in [0.2, 0.25) is 0 Å². The van der Waals surface area contributed by atoms with E-state index in [0.717, 1.165) is 19.4 Å². The van der Waals surface area contributed by atoms with Crippen LogP contribution in [-0.4, -0.2) is 82.0 Å². The van der Waals surface area contributed by atoms with Crippen molar-refractivity contribution in [2.75, 3.05) is 20.1 Å². The van der Waals surface area contributed by atoms with E-state index in [1.807, 2.05) is 0 Å². The Balaban J connectivity index is 1.21. The summed E-state index contributed by atoms with van der Waals surface area (Å²) >= 11 is 0. The Bertz CT molecular complexity index is 1510. The van der Waals surface area contributed by atoms with Gasteiger partial charge in [-0.15, -0.1) is 13.2 Å². The Morgan fingerprint density at radius 3 is 2.74 bits per heavy atom. The zero-order valence-electron chi connectivity index (χ0n) is 22.9. The van der Waals surface area contributed by atoms with Crippen LogP contribution < -0.4 is 9.47 Å². The number of nitrogens with zero attached hydrogens (tertiary/aromatic N) is 2. The molecule has 3 fully saturated rings. The maximum absolute atomic E-state index is 13.9. The quantitative estimate of drug-likeness (QED) is 0.495. The average molecular weight is 585 g/mol. The number of phenols is 1. The number of ketones is 1. The number of carbonyl (C=O) groups excluding carboxylic acids is 2. The second-order valence-corrected chi connectivity index (χ2v) is 12.2. The van der Waals surface area contributed by atoms with Crippen molar-refractivity contribution in [3.05, 3.63) is 59.2 Å². The van der Waals surface area contributed by atoms with E-state index in [9.17, 15) is 33.0 Å². The molecule has 2 bridgehead atoms. The molecule has 1 saturated heterocycles. The summed E-state index contributed by atoms with van der Waals surface area (Å²) in [5.41, 5.74) is -1.06. The number of amides is 1. The molecule has 2 saturated carbocycles. The number of likely N-dealkylation sites (N-methyl/N-ethyl adjacent to an activating group) is 1. The van der Waals surface area contributed by atoms with Gasteiger partial charge >= 0.3 is 6.36 Å². The van der Waals surface area contributed by atoms with Gasteiger partial charge in [0.15, 0.2) is 17.3 Å². The van der Waals surface area contributed by atoms with Gasteiger partial charge < -0.3 is 24.6 Å². The van der Waals surface area contributed by atoms with Gasteiger partial charge in [-0.3, -0.25) is 14.5 Å². The van der Waals surface area contributed by atoms with Crippen LogP contribution in [-0.2, 0) is 10.2 Å². The summed E-state index contributed by atoms with van der Waals surface area (Å²) in [5.74, 6) is -0.337. The molecule has 1 spiro atoms. The highest BCUT2D eigenvalue weighted by molar-refractivity contribution is 6.06. The predicted octanol–water partition coefficient (Wildman–Crippen LogP) is 4.04. The number of carbonyl (C=O) groups is 2. The minimum Gasteiger partial charge on any atom is -0.504 e. The van der Waals surface area contributed by atoms with Gasteiger partial charge in [-0.1, -0.05) is 12.1 Å². The van der Waals surface area contributed by atoms with E-state index in [1.165, 1.54) is 41.3 Å². The Labute approximate surface area is 240 Å². The summed E-state index contributed by atoms with van der Waals surface area (Å²) in [4.78, 5) is 31.0. The second kappa shape index (κ2) is 9.21. The molecule has 2 heterocycles. The van der Waals surface area contributed by atoms with Gasteiger partial charge in [-0.05, 0) is 73.9 Å². The van der Waals surface area contributed by atoms with Gasteiger partial charge in [-0.25, -0.2) is 0 Å². The molecule has 7 rings (SSSR count). The molecule has 0 unspecified atom stereocenters. The minimum atomic E-state index is -4.83. The molecule has 2 N–H and O–H groups in total. The fourth-order valence-corrected chi connectivity index (χ4v) is 7.96. The van der Waals surface area contributed by atoms with Gasteiger partial charge in [0.2, 0.25) is 5.91 Å². The summed E-state index contributed by atoms with van der Waals surface area (Å²) in [7, 11) is 1.63. The standard InChI is InChI=1S/C31H31F3N2O6/c1-35(23(38)10-7-17-3-2-4-19(15-17)42-31(32,33)34)21-11-12-30(40)27-25(39)20-8-9-22(37)26-24(20)29(30,28(21)41-26)13-14-36(27)16-18-5-6-18/h2-4,7-10,15,18,21,27-28,37,40H,5-6,11-14,16H2,1H3/t21-,27+,28-,29-,30+/m0/s1. The molecule has 0 aromatic heterocycles. The van der Waals surface area contributed by atoms with Crippen LogP contribution in [0.25, 0.3) is 6.08 Å². The van der Waals surface area contributed by atoms with E-state index in [-0.39, 0.29) is 23.7 Å². The van der Waals surface area contributed by atoms with Crippen molar-refractivity contribution >= 4 is 17.8 Å². The number of aliphatic hydroxyl groups is 1. The van der Waals surface area contributed by atoms with Crippen molar-refractivity contribution < 1.29 is 42.4 Å². The minimum absolute atomic E-state index is 0.111. The van der Waals surface area contributed by atoms with Crippen LogP contribution in [0.4, 0.5) is 13.2 Å². The third kappa shape index (κ3) is 3.96. The highest BCUT2D eigenvalue weighted by Gasteiger charge is 2.75.